The number of hydrogen-bond donors (Lipinski definition) is 1. The minimum absolute atomic E-state index is 0.325. The van der Waals surface area contributed by atoms with Crippen LogP contribution in [0.2, 0.25) is 0 Å². The topological polar surface area (TPSA) is 73.4 Å². The number of H-pyrrole nitrogens is 1. The van der Waals surface area contributed by atoms with Gasteiger partial charge in [0.15, 0.2) is 11.5 Å². The first-order valence-electron chi connectivity index (χ1n) is 8.22. The van der Waals surface area contributed by atoms with E-state index in [1.165, 1.54) is 0 Å². The molecular weight excluding hydrogens is 332 g/mol. The van der Waals surface area contributed by atoms with Gasteiger partial charge in [-0.15, -0.1) is 0 Å². The average Bonchev–Trinajstić information content (AvgIpc) is 3.09. The van der Waals surface area contributed by atoms with E-state index < -0.39 is 0 Å². The van der Waals surface area contributed by atoms with E-state index in [-0.39, 0.29) is 5.97 Å². The molecule has 3 aromatic rings. The van der Waals surface area contributed by atoms with Gasteiger partial charge in [0.25, 0.3) is 0 Å². The zero-order chi connectivity index (χ0) is 18.5. The number of hydrogen-bond acceptors (Lipinski definition) is 5. The van der Waals surface area contributed by atoms with Gasteiger partial charge < -0.3 is 19.2 Å². The molecule has 0 aliphatic rings. The second-order valence-corrected chi connectivity index (χ2v) is 5.49. The summed E-state index contributed by atoms with van der Waals surface area (Å²) in [5.74, 6) is 1.60. The molecule has 6 nitrogen and oxygen atoms in total. The Morgan fingerprint density at radius 2 is 1.92 bits per heavy atom. The second kappa shape index (κ2) is 7.74. The number of para-hydroxylation sites is 1. The fourth-order valence-corrected chi connectivity index (χ4v) is 2.64. The van der Waals surface area contributed by atoms with Crippen LogP contribution < -0.4 is 9.47 Å². The van der Waals surface area contributed by atoms with Gasteiger partial charge in [-0.1, -0.05) is 18.2 Å². The Labute approximate surface area is 151 Å². The molecule has 0 spiro atoms. The van der Waals surface area contributed by atoms with Crippen LogP contribution in [0.15, 0.2) is 36.4 Å². The minimum Gasteiger partial charge on any atom is -0.493 e. The molecule has 2 aromatic carbocycles. The van der Waals surface area contributed by atoms with E-state index in [4.69, 9.17) is 14.2 Å². The van der Waals surface area contributed by atoms with Gasteiger partial charge in [0.2, 0.25) is 0 Å². The van der Waals surface area contributed by atoms with Gasteiger partial charge in [0.05, 0.1) is 31.9 Å². The summed E-state index contributed by atoms with van der Waals surface area (Å²) < 4.78 is 15.6. The lowest BCUT2D eigenvalue weighted by molar-refractivity contribution is 0.0528. The number of fused-ring (bicyclic) bond motifs is 1. The van der Waals surface area contributed by atoms with Crippen molar-refractivity contribution in [2.75, 3.05) is 20.8 Å². The number of ether oxygens (including phenoxy) is 3. The van der Waals surface area contributed by atoms with Crippen LogP contribution in [0.25, 0.3) is 23.2 Å². The van der Waals surface area contributed by atoms with E-state index >= 15 is 0 Å². The number of benzene rings is 2. The summed E-state index contributed by atoms with van der Waals surface area (Å²) in [5.41, 5.74) is 2.76. The van der Waals surface area contributed by atoms with Gasteiger partial charge in [-0.3, -0.25) is 0 Å². The summed E-state index contributed by atoms with van der Waals surface area (Å²) in [7, 11) is 3.20. The average molecular weight is 352 g/mol. The molecular formula is C20H20N2O4. The van der Waals surface area contributed by atoms with E-state index in [0.717, 1.165) is 11.1 Å². The zero-order valence-electron chi connectivity index (χ0n) is 14.9. The number of carbonyl (C=O) groups excluding carboxylic acids is 1. The van der Waals surface area contributed by atoms with Gasteiger partial charge in [-0.2, -0.15) is 0 Å². The number of aromatic nitrogens is 2. The molecule has 0 fully saturated rings. The monoisotopic (exact) mass is 352 g/mol. The van der Waals surface area contributed by atoms with Crippen molar-refractivity contribution in [1.82, 2.24) is 9.97 Å². The summed E-state index contributed by atoms with van der Waals surface area (Å²) in [6, 6.07) is 11.0. The highest BCUT2D eigenvalue weighted by atomic mass is 16.5. The number of aromatic amines is 1. The number of carbonyl (C=O) groups is 1. The Morgan fingerprint density at radius 1 is 1.12 bits per heavy atom. The third-order valence-corrected chi connectivity index (χ3v) is 3.87. The summed E-state index contributed by atoms with van der Waals surface area (Å²) in [6.07, 6.45) is 3.75. The Kier molecular flexibility index (Phi) is 5.22. The van der Waals surface area contributed by atoms with Gasteiger partial charge in [0, 0.05) is 0 Å². The fourth-order valence-electron chi connectivity index (χ4n) is 2.64. The van der Waals surface area contributed by atoms with Crippen molar-refractivity contribution in [3.05, 3.63) is 53.3 Å². The molecule has 0 atom stereocenters. The van der Waals surface area contributed by atoms with Crippen LogP contribution in [-0.2, 0) is 4.74 Å². The lowest BCUT2D eigenvalue weighted by atomic mass is 10.2. The molecule has 1 heterocycles. The number of methoxy groups -OCH3 is 2. The van der Waals surface area contributed by atoms with Gasteiger partial charge >= 0.3 is 5.97 Å². The second-order valence-electron chi connectivity index (χ2n) is 5.49. The molecule has 0 aliphatic carbocycles. The van der Waals surface area contributed by atoms with Gasteiger partial charge in [-0.25, -0.2) is 9.78 Å². The maximum absolute atomic E-state index is 12.1. The Hall–Kier alpha value is -3.28. The third-order valence-electron chi connectivity index (χ3n) is 3.87. The first-order chi connectivity index (χ1) is 12.7. The smallest absolute Gasteiger partial charge is 0.340 e. The van der Waals surface area contributed by atoms with Crippen LogP contribution >= 0.6 is 0 Å². The van der Waals surface area contributed by atoms with E-state index in [1.807, 2.05) is 36.4 Å². The number of nitrogens with zero attached hydrogens (tertiary/aromatic N) is 1. The molecule has 0 saturated carbocycles. The molecule has 6 heteroatoms. The van der Waals surface area contributed by atoms with E-state index in [2.05, 4.69) is 9.97 Å². The Bertz CT molecular complexity index is 960. The van der Waals surface area contributed by atoms with Crippen molar-refractivity contribution in [3.8, 4) is 11.5 Å². The summed E-state index contributed by atoms with van der Waals surface area (Å²) in [5, 5.41) is 0. The summed E-state index contributed by atoms with van der Waals surface area (Å²) >= 11 is 0. The van der Waals surface area contributed by atoms with Gasteiger partial charge in [0.1, 0.15) is 11.3 Å². The first-order valence-corrected chi connectivity index (χ1v) is 8.22. The molecule has 0 unspecified atom stereocenters. The summed E-state index contributed by atoms with van der Waals surface area (Å²) in [4.78, 5) is 19.8. The lowest BCUT2D eigenvalue weighted by Crippen LogP contribution is -2.05. The van der Waals surface area contributed by atoms with Crippen molar-refractivity contribution in [2.45, 2.75) is 6.92 Å². The largest absolute Gasteiger partial charge is 0.493 e. The van der Waals surface area contributed by atoms with Crippen LogP contribution in [0.4, 0.5) is 0 Å². The number of rotatable bonds is 6. The Morgan fingerprint density at radius 3 is 2.65 bits per heavy atom. The van der Waals surface area contributed by atoms with E-state index in [0.29, 0.717) is 35.0 Å². The van der Waals surface area contributed by atoms with Crippen molar-refractivity contribution in [2.24, 2.45) is 0 Å². The first kappa shape index (κ1) is 17.5. The van der Waals surface area contributed by atoms with Crippen molar-refractivity contribution in [1.29, 1.82) is 0 Å². The predicted octanol–water partition coefficient (Wildman–Crippen LogP) is 3.93. The maximum Gasteiger partial charge on any atom is 0.340 e. The molecule has 26 heavy (non-hydrogen) atoms. The van der Waals surface area contributed by atoms with Crippen molar-refractivity contribution in [3.63, 3.8) is 0 Å². The van der Waals surface area contributed by atoms with Crippen LogP contribution in [-0.4, -0.2) is 36.8 Å². The summed E-state index contributed by atoms with van der Waals surface area (Å²) in [6.45, 7) is 2.10. The molecule has 0 radical (unpaired) electrons. The molecule has 1 aromatic heterocycles. The van der Waals surface area contributed by atoms with Crippen LogP contribution in [0, 0.1) is 0 Å². The molecule has 0 amide bonds. The molecule has 1 N–H and O–H groups in total. The molecule has 0 aliphatic heterocycles. The highest BCUT2D eigenvalue weighted by Crippen LogP contribution is 2.28. The SMILES string of the molecule is CCOC(=O)c1cccc2[nH]c(/C=C/c3ccc(OC)c(OC)c3)nc12. The minimum atomic E-state index is -0.375. The fraction of sp³-hybridized carbons (Fsp3) is 0.200. The van der Waals surface area contributed by atoms with Crippen molar-refractivity contribution < 1.29 is 19.0 Å². The van der Waals surface area contributed by atoms with E-state index in [9.17, 15) is 4.79 Å². The predicted molar refractivity (Wildman–Crippen MR) is 101 cm³/mol. The number of esters is 1. The molecule has 3 rings (SSSR count). The van der Waals surface area contributed by atoms with Crippen LogP contribution in [0.5, 0.6) is 11.5 Å². The zero-order valence-corrected chi connectivity index (χ0v) is 14.9. The normalized spacial score (nSPS) is 11.0. The standard InChI is InChI=1S/C20H20N2O4/c1-4-26-20(23)14-6-5-7-15-19(14)22-18(21-15)11-9-13-8-10-16(24-2)17(12-13)25-3/h5-12H,4H2,1-3H3,(H,21,22)/b11-9+. The number of nitrogens with one attached hydrogen (secondary N) is 1. The highest BCUT2D eigenvalue weighted by Gasteiger charge is 2.13. The molecule has 0 saturated heterocycles. The van der Waals surface area contributed by atoms with Crippen molar-refractivity contribution >= 4 is 29.2 Å². The quantitative estimate of drug-likeness (QED) is 0.681. The van der Waals surface area contributed by atoms with Gasteiger partial charge in [-0.05, 0) is 42.8 Å². The molecule has 0 bridgehead atoms. The highest BCUT2D eigenvalue weighted by molar-refractivity contribution is 6.02. The van der Waals surface area contributed by atoms with E-state index in [1.54, 1.807) is 33.3 Å². The van der Waals surface area contributed by atoms with Crippen LogP contribution in [0.1, 0.15) is 28.7 Å². The van der Waals surface area contributed by atoms with Crippen LogP contribution in [0.3, 0.4) is 0 Å². The molecule has 134 valence electrons. The Balaban J connectivity index is 1.91. The maximum atomic E-state index is 12.1. The number of imidazole rings is 1. The lowest BCUT2D eigenvalue weighted by Gasteiger charge is -2.07. The third kappa shape index (κ3) is 3.54.